The largest absolute Gasteiger partial charge is 0.346 e. The van der Waals surface area contributed by atoms with Crippen LogP contribution in [0.2, 0.25) is 10.0 Å². The highest BCUT2D eigenvalue weighted by molar-refractivity contribution is 7.80. The third-order valence-corrected chi connectivity index (χ3v) is 4.16. The number of benzene rings is 1. The summed E-state index contributed by atoms with van der Waals surface area (Å²) < 4.78 is 0. The Balaban J connectivity index is 1.83. The summed E-state index contributed by atoms with van der Waals surface area (Å²) in [6.45, 7) is 5.98. The van der Waals surface area contributed by atoms with Crippen molar-refractivity contribution in [2.75, 3.05) is 11.9 Å². The topological polar surface area (TPSA) is 66.1 Å². The number of carbonyl (C=O) groups is 1. The van der Waals surface area contributed by atoms with Gasteiger partial charge in [-0.3, -0.25) is 9.78 Å². The molecule has 1 aromatic carbocycles. The zero-order valence-electron chi connectivity index (χ0n) is 13.4. The number of pyridine rings is 1. The Labute approximate surface area is 161 Å². The molecule has 2 aromatic rings. The van der Waals surface area contributed by atoms with E-state index in [1.165, 1.54) is 6.07 Å². The lowest BCUT2D eigenvalue weighted by molar-refractivity contribution is 0.0956. The first kappa shape index (κ1) is 19.2. The molecule has 8 heteroatoms. The minimum atomic E-state index is -0.288. The van der Waals surface area contributed by atoms with Gasteiger partial charge < -0.3 is 16.0 Å². The summed E-state index contributed by atoms with van der Waals surface area (Å²) in [4.78, 5) is 16.1. The van der Waals surface area contributed by atoms with Crippen molar-refractivity contribution in [2.24, 2.45) is 0 Å². The van der Waals surface area contributed by atoms with Gasteiger partial charge in [0.2, 0.25) is 0 Å². The van der Waals surface area contributed by atoms with E-state index in [0.29, 0.717) is 26.4 Å². The minimum Gasteiger partial charge on any atom is -0.346 e. The van der Waals surface area contributed by atoms with E-state index in [9.17, 15) is 4.79 Å². The summed E-state index contributed by atoms with van der Waals surface area (Å²) in [6, 6.07) is 6.54. The number of anilines is 1. The molecule has 0 saturated carbocycles. The van der Waals surface area contributed by atoms with Crippen LogP contribution in [-0.4, -0.2) is 22.5 Å². The minimum absolute atomic E-state index is 0.201. The summed E-state index contributed by atoms with van der Waals surface area (Å²) in [6.07, 6.45) is 3.38. The number of hydrogen-bond donors (Lipinski definition) is 3. The van der Waals surface area contributed by atoms with Gasteiger partial charge in [0.15, 0.2) is 5.11 Å². The van der Waals surface area contributed by atoms with Crippen LogP contribution in [0.3, 0.4) is 0 Å². The van der Waals surface area contributed by atoms with Gasteiger partial charge in [0, 0.05) is 17.5 Å². The zero-order chi connectivity index (χ0) is 18.4. The van der Waals surface area contributed by atoms with Crippen LogP contribution in [0.1, 0.15) is 15.9 Å². The maximum Gasteiger partial charge on any atom is 0.251 e. The Bertz CT molecular complexity index is 826. The average Bonchev–Trinajstić information content (AvgIpc) is 2.57. The van der Waals surface area contributed by atoms with Gasteiger partial charge in [-0.1, -0.05) is 29.8 Å². The van der Waals surface area contributed by atoms with Gasteiger partial charge in [0.25, 0.3) is 5.91 Å². The van der Waals surface area contributed by atoms with Crippen LogP contribution in [0.25, 0.3) is 0 Å². The van der Waals surface area contributed by atoms with Crippen molar-refractivity contribution in [3.8, 4) is 0 Å². The average molecular weight is 395 g/mol. The van der Waals surface area contributed by atoms with E-state index in [-0.39, 0.29) is 12.5 Å². The fourth-order valence-corrected chi connectivity index (χ4v) is 2.43. The van der Waals surface area contributed by atoms with Gasteiger partial charge in [0.1, 0.15) is 0 Å². The Kier molecular flexibility index (Phi) is 6.75. The lowest BCUT2D eigenvalue weighted by Gasteiger charge is -2.14. The van der Waals surface area contributed by atoms with E-state index in [1.54, 1.807) is 24.5 Å². The molecule has 0 radical (unpaired) electrons. The van der Waals surface area contributed by atoms with Crippen molar-refractivity contribution < 1.29 is 4.79 Å². The molecule has 0 fully saturated rings. The SMILES string of the molecule is C=C(CNC(=O)c1ccc(Cl)c(Cl)c1)NC(=S)Nc1cnccc1C. The normalized spacial score (nSPS) is 10.0. The number of nitrogens with one attached hydrogen (secondary N) is 3. The number of rotatable bonds is 5. The standard InChI is InChI=1S/C17H16Cl2N4OS/c1-10-5-6-20-9-15(10)23-17(25)22-11(2)8-21-16(24)12-3-4-13(18)14(19)7-12/h3-7,9H,2,8H2,1H3,(H,21,24)(H2,22,23,25). The molecule has 5 nitrogen and oxygen atoms in total. The second-order valence-electron chi connectivity index (χ2n) is 5.18. The van der Waals surface area contributed by atoms with Crippen molar-refractivity contribution in [1.82, 2.24) is 15.6 Å². The molecule has 25 heavy (non-hydrogen) atoms. The number of nitrogens with zero attached hydrogens (tertiary/aromatic N) is 1. The van der Waals surface area contributed by atoms with Gasteiger partial charge >= 0.3 is 0 Å². The van der Waals surface area contributed by atoms with E-state index >= 15 is 0 Å². The second-order valence-corrected chi connectivity index (χ2v) is 6.41. The summed E-state index contributed by atoms with van der Waals surface area (Å²) >= 11 is 17.0. The number of carbonyl (C=O) groups excluding carboxylic acids is 1. The van der Waals surface area contributed by atoms with E-state index in [2.05, 4.69) is 27.5 Å². The van der Waals surface area contributed by atoms with Crippen LogP contribution in [-0.2, 0) is 0 Å². The number of halogens is 2. The van der Waals surface area contributed by atoms with E-state index in [0.717, 1.165) is 11.3 Å². The summed E-state index contributed by atoms with van der Waals surface area (Å²) in [5.74, 6) is -0.288. The molecular weight excluding hydrogens is 379 g/mol. The molecule has 0 saturated heterocycles. The Morgan fingerprint density at radius 3 is 2.72 bits per heavy atom. The van der Waals surface area contributed by atoms with Crippen molar-refractivity contribution in [2.45, 2.75) is 6.92 Å². The summed E-state index contributed by atoms with van der Waals surface area (Å²) in [5.41, 5.74) is 2.76. The van der Waals surface area contributed by atoms with Gasteiger partial charge in [-0.25, -0.2) is 0 Å². The number of amides is 1. The fourth-order valence-electron chi connectivity index (χ4n) is 1.88. The van der Waals surface area contributed by atoms with Crippen molar-refractivity contribution in [3.63, 3.8) is 0 Å². The van der Waals surface area contributed by atoms with Crippen LogP contribution in [0.4, 0.5) is 5.69 Å². The number of thiocarbonyl (C=S) groups is 1. The van der Waals surface area contributed by atoms with Gasteiger partial charge in [0.05, 0.1) is 28.5 Å². The highest BCUT2D eigenvalue weighted by Crippen LogP contribution is 2.22. The molecule has 0 aliphatic carbocycles. The first-order valence-corrected chi connectivity index (χ1v) is 8.43. The predicted molar refractivity (Wildman–Crippen MR) is 106 cm³/mol. The van der Waals surface area contributed by atoms with Crippen LogP contribution in [0.15, 0.2) is 48.9 Å². The van der Waals surface area contributed by atoms with E-state index in [4.69, 9.17) is 35.4 Å². The first-order valence-electron chi connectivity index (χ1n) is 7.26. The van der Waals surface area contributed by atoms with E-state index in [1.807, 2.05) is 13.0 Å². The molecule has 0 bridgehead atoms. The molecule has 2 rings (SSSR count). The molecule has 1 amide bonds. The smallest absolute Gasteiger partial charge is 0.251 e. The molecule has 0 atom stereocenters. The zero-order valence-corrected chi connectivity index (χ0v) is 15.7. The maximum absolute atomic E-state index is 12.1. The fraction of sp³-hybridized carbons (Fsp3) is 0.118. The monoisotopic (exact) mass is 394 g/mol. The van der Waals surface area contributed by atoms with Crippen molar-refractivity contribution in [1.29, 1.82) is 0 Å². The number of aromatic nitrogens is 1. The predicted octanol–water partition coefficient (Wildman–Crippen LogP) is 3.93. The van der Waals surface area contributed by atoms with Crippen molar-refractivity contribution >= 4 is 52.1 Å². The highest BCUT2D eigenvalue weighted by Gasteiger charge is 2.09. The van der Waals surface area contributed by atoms with Gasteiger partial charge in [-0.05, 0) is 49.0 Å². The van der Waals surface area contributed by atoms with Crippen LogP contribution in [0.5, 0.6) is 0 Å². The van der Waals surface area contributed by atoms with Crippen LogP contribution < -0.4 is 16.0 Å². The van der Waals surface area contributed by atoms with Crippen LogP contribution in [0, 0.1) is 6.92 Å². The highest BCUT2D eigenvalue weighted by atomic mass is 35.5. The molecular formula is C17H16Cl2N4OS. The number of aryl methyl sites for hydroxylation is 1. The van der Waals surface area contributed by atoms with Gasteiger partial charge in [-0.2, -0.15) is 0 Å². The van der Waals surface area contributed by atoms with E-state index < -0.39 is 0 Å². The summed E-state index contributed by atoms with van der Waals surface area (Å²) in [5, 5.41) is 9.75. The van der Waals surface area contributed by atoms with Crippen molar-refractivity contribution in [3.05, 3.63) is 70.1 Å². The summed E-state index contributed by atoms with van der Waals surface area (Å²) in [7, 11) is 0. The first-order chi connectivity index (χ1) is 11.9. The third-order valence-electron chi connectivity index (χ3n) is 3.22. The third kappa shape index (κ3) is 5.70. The molecule has 0 unspecified atom stereocenters. The molecule has 1 heterocycles. The molecule has 130 valence electrons. The lowest BCUT2D eigenvalue weighted by Crippen LogP contribution is -2.34. The Hall–Kier alpha value is -2.15. The quantitative estimate of drug-likeness (QED) is 0.670. The Morgan fingerprint density at radius 2 is 2.04 bits per heavy atom. The second kappa shape index (κ2) is 8.80. The molecule has 0 aliphatic rings. The molecule has 3 N–H and O–H groups in total. The molecule has 0 spiro atoms. The Morgan fingerprint density at radius 1 is 1.28 bits per heavy atom. The molecule has 0 aliphatic heterocycles. The lowest BCUT2D eigenvalue weighted by atomic mass is 10.2. The number of hydrogen-bond acceptors (Lipinski definition) is 3. The van der Waals surface area contributed by atoms with Crippen LogP contribution >= 0.6 is 35.4 Å². The maximum atomic E-state index is 12.1. The molecule has 1 aromatic heterocycles. The van der Waals surface area contributed by atoms with Gasteiger partial charge in [-0.15, -0.1) is 0 Å².